The second-order valence-corrected chi connectivity index (χ2v) is 25.1. The summed E-state index contributed by atoms with van der Waals surface area (Å²) in [6, 6.07) is 59.2. The van der Waals surface area contributed by atoms with Gasteiger partial charge in [0.1, 0.15) is 5.75 Å². The van der Waals surface area contributed by atoms with Gasteiger partial charge in [0, 0.05) is 129 Å². The van der Waals surface area contributed by atoms with Crippen molar-refractivity contribution >= 4 is 57.7 Å². The van der Waals surface area contributed by atoms with Crippen LogP contribution in [0.25, 0.3) is 112 Å². The zero-order valence-corrected chi connectivity index (χ0v) is 59.5. The number of methoxy groups -OCH3 is 1. The van der Waals surface area contributed by atoms with Crippen molar-refractivity contribution in [2.45, 2.75) is 0 Å². The maximum absolute atomic E-state index is 12.6. The smallest absolute Gasteiger partial charge is 0.253 e. The number of aromatic nitrogens is 16. The fourth-order valence-corrected chi connectivity index (χ4v) is 11.6. The van der Waals surface area contributed by atoms with E-state index in [9.17, 15) is 9.59 Å². The molecule has 0 fully saturated rings. The van der Waals surface area contributed by atoms with Gasteiger partial charge >= 0.3 is 0 Å². The van der Waals surface area contributed by atoms with Crippen LogP contribution in [0.2, 0.25) is 0 Å². The number of likely N-dealkylation sites (N-methyl/N-ethyl adjacent to an activating group) is 3. The molecule has 0 aliphatic carbocycles. The van der Waals surface area contributed by atoms with Crippen molar-refractivity contribution in [1.29, 1.82) is 0 Å². The number of pyridine rings is 4. The Balaban J connectivity index is 0.000000127. The molecule has 12 aromatic heterocycles. The maximum Gasteiger partial charge on any atom is 0.253 e. The van der Waals surface area contributed by atoms with Gasteiger partial charge in [0.25, 0.3) is 11.8 Å². The van der Waals surface area contributed by atoms with Gasteiger partial charge in [0.15, 0.2) is 45.9 Å². The summed E-state index contributed by atoms with van der Waals surface area (Å²) in [7, 11) is 11.4. The molecular weight excluding hydrogens is 1350 g/mol. The molecule has 0 radical (unpaired) electrons. The minimum absolute atomic E-state index is 0.00169. The third-order valence-corrected chi connectivity index (χ3v) is 17.2. The lowest BCUT2D eigenvalue weighted by Crippen LogP contribution is -2.33. The van der Waals surface area contributed by atoms with Gasteiger partial charge < -0.3 is 47.7 Å². The Hall–Kier alpha value is -14.2. The number of ether oxygens (including phenoxy) is 1. The Labute approximate surface area is 615 Å². The molecule has 534 valence electrons. The van der Waals surface area contributed by atoms with Crippen LogP contribution in [-0.2, 0) is 0 Å². The molecule has 0 bridgehead atoms. The maximum atomic E-state index is 12.6. The average molecular weight is 1420 g/mol. The van der Waals surface area contributed by atoms with Crippen LogP contribution in [0.3, 0.4) is 0 Å². The summed E-state index contributed by atoms with van der Waals surface area (Å²) in [5.41, 5.74) is 41.7. The van der Waals surface area contributed by atoms with Crippen molar-refractivity contribution in [3.63, 3.8) is 0 Å². The lowest BCUT2D eigenvalue weighted by Gasteiger charge is -2.19. The van der Waals surface area contributed by atoms with E-state index < -0.39 is 0 Å². The number of amides is 2. The first-order chi connectivity index (χ1) is 52.0. The van der Waals surface area contributed by atoms with Crippen LogP contribution in [0.4, 0.5) is 23.3 Å². The van der Waals surface area contributed by atoms with Gasteiger partial charge in [-0.1, -0.05) is 78.9 Å². The number of nitrogens with zero attached hydrogens (tertiary/aromatic N) is 19. The SMILES string of the molecule is CN(C)CCN(C)C(=O)c1ccc(-c2cnc3c(-c4ccccn4)c(N)nn3c2)cc1.CN(C)CCNC(=O)c1ccc(-c2cnc3c(-c4ccccn4)c(N)nn3c2)cc1.COc1ccc(-c2ccn3nc(N)c(-c4ccccn4)c3n2)cc1.Nc1nn2ccc(-c3ccccc3)nc2c1-c1ccccn1. The second-order valence-electron chi connectivity index (χ2n) is 25.1. The second kappa shape index (κ2) is 32.4. The lowest BCUT2D eigenvalue weighted by atomic mass is 10.1. The number of anilines is 4. The monoisotopic (exact) mass is 1420 g/mol. The molecule has 0 unspecified atom stereocenters. The molecule has 107 heavy (non-hydrogen) atoms. The number of nitrogens with one attached hydrogen (secondary N) is 1. The number of nitrogen functional groups attached to an aromatic ring is 4. The zero-order chi connectivity index (χ0) is 74.5. The fraction of sp³-hybridized carbons (Fsp3) is 0.125. The topological polar surface area (TPSA) is 342 Å². The number of rotatable bonds is 17. The van der Waals surface area contributed by atoms with Gasteiger partial charge in [0.05, 0.1) is 63.5 Å². The Morgan fingerprint density at radius 1 is 0.383 bits per heavy atom. The van der Waals surface area contributed by atoms with E-state index in [-0.39, 0.29) is 11.8 Å². The van der Waals surface area contributed by atoms with Crippen LogP contribution in [-0.4, -0.2) is 173 Å². The van der Waals surface area contributed by atoms with Crippen LogP contribution >= 0.6 is 0 Å². The molecule has 2 amide bonds. The Bertz CT molecular complexity index is 5700. The Kier molecular flexibility index (Phi) is 21.6. The minimum atomic E-state index is -0.0863. The first-order valence-electron chi connectivity index (χ1n) is 34.0. The van der Waals surface area contributed by atoms with Gasteiger partial charge in [-0.15, -0.1) is 20.4 Å². The number of carbonyl (C=O) groups excluding carboxylic acids is 2. The number of hydrogen-bond donors (Lipinski definition) is 5. The molecular formula is C80H76N24O3. The largest absolute Gasteiger partial charge is 0.497 e. The highest BCUT2D eigenvalue weighted by Crippen LogP contribution is 2.34. The number of fused-ring (bicyclic) bond motifs is 4. The van der Waals surface area contributed by atoms with Crippen LogP contribution < -0.4 is 33.0 Å². The first kappa shape index (κ1) is 71.2. The lowest BCUT2D eigenvalue weighted by molar-refractivity contribution is 0.0786. The van der Waals surface area contributed by atoms with Gasteiger partial charge in [-0.3, -0.25) is 29.5 Å². The summed E-state index contributed by atoms with van der Waals surface area (Å²) in [6.07, 6.45) is 17.9. The average Bonchev–Trinajstić information content (AvgIpc) is 1.66. The quantitative estimate of drug-likeness (QED) is 0.0565. The van der Waals surface area contributed by atoms with Crippen molar-refractivity contribution in [2.24, 2.45) is 0 Å². The van der Waals surface area contributed by atoms with E-state index in [0.29, 0.717) is 81.2 Å². The summed E-state index contributed by atoms with van der Waals surface area (Å²) in [5, 5.41) is 20.4. The summed E-state index contributed by atoms with van der Waals surface area (Å²) in [4.78, 5) is 66.7. The molecule has 12 heterocycles. The van der Waals surface area contributed by atoms with Crippen molar-refractivity contribution < 1.29 is 14.3 Å². The summed E-state index contributed by atoms with van der Waals surface area (Å²) in [6.45, 7) is 2.89. The number of benzene rings is 4. The van der Waals surface area contributed by atoms with E-state index >= 15 is 0 Å². The molecule has 0 saturated heterocycles. The standard InChI is InChI=1S/C23H25N7O.C22H23N7O.C18H15N5O.C17H13N5/c1-28(2)12-13-29(3)23(31)17-9-7-16(8-10-17)18-14-26-22-20(19-6-4-5-11-25-19)21(24)27-30(22)15-18;1-28(2)12-11-25-22(30)16-8-6-15(7-9-16)17-13-26-21-19(18-5-3-4-10-24-18)20(23)27-29(21)14-17;1-24-13-7-5-12(6-8-13)14-9-11-23-18(21-14)16(17(19)22-23)15-4-2-3-10-20-15;18-16-15(14-8-4-5-10-19-14)17-20-13(9-11-22(17)21-16)12-6-2-1-3-7-12/h4-11,14-15H,12-13H2,1-3H3,(H2,24,27);3-10,13-14H,11-12H2,1-2H3,(H2,23,27)(H,25,30);2-11H,1H3,(H2,19,22);1-11H,(H2,18,21). The molecule has 0 atom stereocenters. The van der Waals surface area contributed by atoms with E-state index in [1.165, 1.54) is 0 Å². The zero-order valence-electron chi connectivity index (χ0n) is 59.5. The molecule has 16 rings (SSSR count). The molecule has 16 aromatic rings. The van der Waals surface area contributed by atoms with E-state index in [4.69, 9.17) is 37.6 Å². The minimum Gasteiger partial charge on any atom is -0.497 e. The molecule has 0 saturated carbocycles. The van der Waals surface area contributed by atoms with Gasteiger partial charge in [0.2, 0.25) is 0 Å². The Morgan fingerprint density at radius 2 is 0.766 bits per heavy atom. The molecule has 9 N–H and O–H groups in total. The molecule has 0 aliphatic heterocycles. The summed E-state index contributed by atoms with van der Waals surface area (Å²) >= 11 is 0. The molecule has 0 aliphatic rings. The van der Waals surface area contributed by atoms with Crippen LogP contribution in [0, 0.1) is 0 Å². The number of nitrogens with two attached hydrogens (primary N) is 4. The Morgan fingerprint density at radius 3 is 1.17 bits per heavy atom. The van der Waals surface area contributed by atoms with E-state index in [2.05, 4.69) is 60.5 Å². The molecule has 27 nitrogen and oxygen atoms in total. The molecule has 0 spiro atoms. The van der Waals surface area contributed by atoms with Crippen LogP contribution in [0.5, 0.6) is 5.75 Å². The predicted octanol–water partition coefficient (Wildman–Crippen LogP) is 11.1. The third-order valence-electron chi connectivity index (χ3n) is 17.2. The fourth-order valence-electron chi connectivity index (χ4n) is 11.6. The van der Waals surface area contributed by atoms with E-state index in [0.717, 1.165) is 97.5 Å². The predicted molar refractivity (Wildman–Crippen MR) is 417 cm³/mol. The summed E-state index contributed by atoms with van der Waals surface area (Å²) < 4.78 is 11.9. The normalized spacial score (nSPS) is 11.1. The van der Waals surface area contributed by atoms with E-state index in [1.807, 2.05) is 241 Å². The summed E-state index contributed by atoms with van der Waals surface area (Å²) in [5.74, 6) is 2.32. The van der Waals surface area contributed by atoms with Crippen molar-refractivity contribution in [3.05, 3.63) is 261 Å². The molecule has 4 aromatic carbocycles. The van der Waals surface area contributed by atoms with Crippen LogP contribution in [0.1, 0.15) is 20.7 Å². The number of carbonyl (C=O) groups is 2. The van der Waals surface area contributed by atoms with Crippen molar-refractivity contribution in [3.8, 4) is 95.5 Å². The highest BCUT2D eigenvalue weighted by Gasteiger charge is 2.21. The van der Waals surface area contributed by atoms with E-state index in [1.54, 1.807) is 79.4 Å². The van der Waals surface area contributed by atoms with Crippen molar-refractivity contribution in [2.75, 3.05) is 91.5 Å². The van der Waals surface area contributed by atoms with Crippen molar-refractivity contribution in [1.82, 2.24) is 98.3 Å². The number of hydrogen-bond acceptors (Lipinski definition) is 21. The third kappa shape index (κ3) is 16.4. The first-order valence-corrected chi connectivity index (χ1v) is 34.0. The highest BCUT2D eigenvalue weighted by atomic mass is 16.5. The van der Waals surface area contributed by atoms with Gasteiger partial charge in [-0.25, -0.2) is 38.0 Å². The molecule has 27 heteroatoms. The van der Waals surface area contributed by atoms with Gasteiger partial charge in [-0.05, 0) is 149 Å². The van der Waals surface area contributed by atoms with Gasteiger partial charge in [-0.2, -0.15) is 0 Å². The highest BCUT2D eigenvalue weighted by molar-refractivity contribution is 5.96. The van der Waals surface area contributed by atoms with Crippen LogP contribution in [0.15, 0.2) is 250 Å².